The first-order valence-electron chi connectivity index (χ1n) is 2.68. The molecule has 1 nitrogen and oxygen atoms in total. The van der Waals surface area contributed by atoms with Crippen LogP contribution in [0.5, 0.6) is 5.75 Å². The molecule has 0 aromatic heterocycles. The van der Waals surface area contributed by atoms with Crippen LogP contribution in [0.3, 0.4) is 0 Å². The quantitative estimate of drug-likeness (QED) is 0.717. The summed E-state index contributed by atoms with van der Waals surface area (Å²) >= 11 is 7.77. The molecule has 0 saturated carbocycles. The van der Waals surface area contributed by atoms with E-state index in [1.807, 2.05) is 29.5 Å². The van der Waals surface area contributed by atoms with Crippen molar-refractivity contribution in [1.29, 1.82) is 0 Å². The minimum atomic E-state index is 0.169. The Morgan fingerprint density at radius 3 is 2.80 bits per heavy atom. The number of rotatable bonds is 0. The van der Waals surface area contributed by atoms with Gasteiger partial charge in [0, 0.05) is 11.1 Å². The summed E-state index contributed by atoms with van der Waals surface area (Å²) in [6.45, 7) is 1.86. The molecule has 1 aromatic carbocycles. The lowest BCUT2D eigenvalue weighted by Crippen LogP contribution is -1.81. The maximum absolute atomic E-state index is 9.10. The van der Waals surface area contributed by atoms with Gasteiger partial charge in [0.15, 0.2) is 0 Å². The van der Waals surface area contributed by atoms with Gasteiger partial charge in [0.05, 0.1) is 3.57 Å². The maximum atomic E-state index is 9.10. The third-order valence-corrected chi connectivity index (χ3v) is 2.94. The van der Waals surface area contributed by atoms with Gasteiger partial charge < -0.3 is 5.11 Å². The van der Waals surface area contributed by atoms with Gasteiger partial charge in [-0.3, -0.25) is 0 Å². The minimum absolute atomic E-state index is 0.169. The Bertz CT molecular complexity index is 233. The van der Waals surface area contributed by atoms with Crippen LogP contribution in [0.2, 0.25) is 5.02 Å². The van der Waals surface area contributed by atoms with Crippen molar-refractivity contribution in [2.45, 2.75) is 6.92 Å². The summed E-state index contributed by atoms with van der Waals surface area (Å²) < 4.78 is 0.769. The highest BCUT2D eigenvalue weighted by molar-refractivity contribution is 14.1. The average Bonchev–Trinajstić information content (AvgIpc) is 1.93. The van der Waals surface area contributed by atoms with Crippen LogP contribution in [0, 0.1) is 16.6 Å². The molecule has 0 atom stereocenters. The molecule has 10 heavy (non-hydrogen) atoms. The number of aromatic hydroxyl groups is 1. The first-order valence-corrected chi connectivity index (χ1v) is 4.14. The smallest absolute Gasteiger partial charge is 0.137 e. The standard InChI is InChI=1S/C7H5ClIO/c1-4-5(8)2-3-6(10)7(4)9/h2,10H,1H3. The van der Waals surface area contributed by atoms with Crippen molar-refractivity contribution in [3.8, 4) is 5.75 Å². The number of benzene rings is 1. The molecular weight excluding hydrogens is 262 g/mol. The Morgan fingerprint density at radius 2 is 2.30 bits per heavy atom. The second kappa shape index (κ2) is 2.96. The Kier molecular flexibility index (Phi) is 2.41. The second-order valence-electron chi connectivity index (χ2n) is 1.92. The monoisotopic (exact) mass is 267 g/mol. The van der Waals surface area contributed by atoms with Crippen LogP contribution in [0.25, 0.3) is 0 Å². The van der Waals surface area contributed by atoms with E-state index in [0.717, 1.165) is 9.13 Å². The molecular formula is C7H5ClIO. The zero-order valence-corrected chi connectivity index (χ0v) is 8.19. The van der Waals surface area contributed by atoms with Crippen LogP contribution in [-0.2, 0) is 0 Å². The Hall–Kier alpha value is 0.0400. The highest BCUT2D eigenvalue weighted by Crippen LogP contribution is 2.27. The Labute approximate surface area is 78.2 Å². The fourth-order valence-corrected chi connectivity index (χ4v) is 1.34. The summed E-state index contributed by atoms with van der Waals surface area (Å²) in [7, 11) is 0. The zero-order chi connectivity index (χ0) is 7.72. The van der Waals surface area contributed by atoms with Crippen molar-refractivity contribution in [1.82, 2.24) is 0 Å². The SMILES string of the molecule is Cc1c(Cl)c[c]c(O)c1I. The zero-order valence-electron chi connectivity index (χ0n) is 5.28. The molecule has 1 rings (SSSR count). The van der Waals surface area contributed by atoms with Gasteiger partial charge in [-0.2, -0.15) is 0 Å². The van der Waals surface area contributed by atoms with E-state index in [2.05, 4.69) is 6.07 Å². The summed E-state index contributed by atoms with van der Waals surface area (Å²) in [5, 5.41) is 9.74. The molecule has 0 aliphatic heterocycles. The highest BCUT2D eigenvalue weighted by atomic mass is 127. The predicted molar refractivity (Wildman–Crippen MR) is 49.4 cm³/mol. The molecule has 0 saturated heterocycles. The molecule has 53 valence electrons. The lowest BCUT2D eigenvalue weighted by molar-refractivity contribution is 0.470. The van der Waals surface area contributed by atoms with Crippen molar-refractivity contribution < 1.29 is 5.11 Å². The van der Waals surface area contributed by atoms with Gasteiger partial charge in [-0.05, 0) is 41.1 Å². The molecule has 1 aromatic rings. The molecule has 0 aliphatic carbocycles. The van der Waals surface area contributed by atoms with Crippen LogP contribution in [0.4, 0.5) is 0 Å². The highest BCUT2D eigenvalue weighted by Gasteiger charge is 2.03. The largest absolute Gasteiger partial charge is 0.506 e. The topological polar surface area (TPSA) is 20.2 Å². The van der Waals surface area contributed by atoms with Gasteiger partial charge in [0.25, 0.3) is 0 Å². The van der Waals surface area contributed by atoms with Gasteiger partial charge >= 0.3 is 0 Å². The maximum Gasteiger partial charge on any atom is 0.137 e. The molecule has 0 heterocycles. The van der Waals surface area contributed by atoms with E-state index in [-0.39, 0.29) is 5.75 Å². The predicted octanol–water partition coefficient (Wildman–Crippen LogP) is 2.76. The van der Waals surface area contributed by atoms with E-state index >= 15 is 0 Å². The van der Waals surface area contributed by atoms with Gasteiger partial charge in [-0.25, -0.2) is 0 Å². The summed E-state index contributed by atoms with van der Waals surface area (Å²) in [6, 6.07) is 4.19. The van der Waals surface area contributed by atoms with Crippen LogP contribution < -0.4 is 0 Å². The van der Waals surface area contributed by atoms with Crippen LogP contribution >= 0.6 is 34.2 Å². The summed E-state index contributed by atoms with van der Waals surface area (Å²) in [4.78, 5) is 0. The molecule has 1 N–H and O–H groups in total. The normalized spacial score (nSPS) is 9.90. The number of phenolic OH excluding ortho intramolecular Hbond substituents is 1. The minimum Gasteiger partial charge on any atom is -0.506 e. The molecule has 0 amide bonds. The fraction of sp³-hybridized carbons (Fsp3) is 0.143. The van der Waals surface area contributed by atoms with Crippen molar-refractivity contribution >= 4 is 34.2 Å². The summed E-state index contributed by atoms with van der Waals surface area (Å²) in [5.74, 6) is 0.169. The van der Waals surface area contributed by atoms with E-state index in [1.54, 1.807) is 6.07 Å². The Balaban J connectivity index is 3.34. The van der Waals surface area contributed by atoms with Crippen molar-refractivity contribution in [2.75, 3.05) is 0 Å². The molecule has 0 spiro atoms. The molecule has 1 radical (unpaired) electrons. The van der Waals surface area contributed by atoms with Crippen molar-refractivity contribution in [3.63, 3.8) is 0 Å². The molecule has 0 unspecified atom stereocenters. The molecule has 0 bridgehead atoms. The first kappa shape index (κ1) is 8.14. The van der Waals surface area contributed by atoms with Crippen molar-refractivity contribution in [2.24, 2.45) is 0 Å². The van der Waals surface area contributed by atoms with Gasteiger partial charge in [0.2, 0.25) is 0 Å². The lowest BCUT2D eigenvalue weighted by atomic mass is 10.2. The number of phenols is 1. The number of hydrogen-bond acceptors (Lipinski definition) is 1. The summed E-state index contributed by atoms with van der Waals surface area (Å²) in [5.41, 5.74) is 0.901. The van der Waals surface area contributed by atoms with E-state index in [1.165, 1.54) is 0 Å². The number of halogens is 2. The molecule has 3 heteroatoms. The lowest BCUT2D eigenvalue weighted by Gasteiger charge is -2.01. The van der Waals surface area contributed by atoms with E-state index in [0.29, 0.717) is 5.02 Å². The van der Waals surface area contributed by atoms with Gasteiger partial charge in [-0.15, -0.1) is 0 Å². The van der Waals surface area contributed by atoms with E-state index in [4.69, 9.17) is 16.7 Å². The van der Waals surface area contributed by atoms with Gasteiger partial charge in [-0.1, -0.05) is 11.6 Å². The van der Waals surface area contributed by atoms with Crippen LogP contribution in [0.15, 0.2) is 6.07 Å². The molecule has 0 aliphatic rings. The fourth-order valence-electron chi connectivity index (χ4n) is 0.586. The van der Waals surface area contributed by atoms with E-state index < -0.39 is 0 Å². The Morgan fingerprint density at radius 1 is 1.70 bits per heavy atom. The third-order valence-electron chi connectivity index (χ3n) is 1.23. The third kappa shape index (κ3) is 1.37. The number of hydrogen-bond donors (Lipinski definition) is 1. The summed E-state index contributed by atoms with van der Waals surface area (Å²) in [6.07, 6.45) is 0. The second-order valence-corrected chi connectivity index (χ2v) is 3.41. The molecule has 0 fully saturated rings. The van der Waals surface area contributed by atoms with E-state index in [9.17, 15) is 0 Å². The van der Waals surface area contributed by atoms with Gasteiger partial charge in [0.1, 0.15) is 5.75 Å². The van der Waals surface area contributed by atoms with Crippen molar-refractivity contribution in [3.05, 3.63) is 26.3 Å². The first-order chi connectivity index (χ1) is 4.63. The van der Waals surface area contributed by atoms with Crippen LogP contribution in [0.1, 0.15) is 5.56 Å². The van der Waals surface area contributed by atoms with Crippen LogP contribution in [-0.4, -0.2) is 5.11 Å². The average molecular weight is 267 g/mol.